The SMILES string of the molecule is CC[C@H](C)[C@@H]([C@@H](CC(=O)N1CCC[C@H]1[C@H](OC)[C@@H](C)C(=O)N[C@@H](Cc1c[nH]c2ccccc12)C(N)=O)OC)N(C)C(=O)[C@@H](NC(=O)[C@H](C(C)C)N(C)CCOCCOCCN1C(=O)C=CC1=O)C(C)C. The largest absolute Gasteiger partial charge is 0.379 e. The quantitative estimate of drug-likeness (QED) is 0.0654. The minimum Gasteiger partial charge on any atom is -0.379 e. The van der Waals surface area contributed by atoms with Crippen molar-refractivity contribution in [2.24, 2.45) is 29.4 Å². The topological polar surface area (TPSA) is 235 Å². The van der Waals surface area contributed by atoms with Gasteiger partial charge in [0.2, 0.25) is 29.5 Å². The van der Waals surface area contributed by atoms with Crippen molar-refractivity contribution in [2.45, 2.75) is 123 Å². The highest BCUT2D eigenvalue weighted by atomic mass is 16.5. The number of nitrogens with two attached hydrogens (primary N) is 1. The molecule has 0 saturated carbocycles. The number of aromatic nitrogens is 1. The van der Waals surface area contributed by atoms with Crippen LogP contribution in [-0.4, -0.2) is 183 Å². The molecule has 9 atom stereocenters. The molecule has 4 rings (SSSR count). The van der Waals surface area contributed by atoms with Gasteiger partial charge in [-0.1, -0.05) is 73.1 Å². The Morgan fingerprint density at radius 2 is 1.53 bits per heavy atom. The molecule has 0 unspecified atom stereocenters. The molecule has 5 N–H and O–H groups in total. The molecule has 2 aromatic rings. The van der Waals surface area contributed by atoms with Gasteiger partial charge in [-0.3, -0.25) is 43.4 Å². The Kier molecular flexibility index (Phi) is 22.5. The summed E-state index contributed by atoms with van der Waals surface area (Å²) in [5, 5.41) is 6.85. The highest BCUT2D eigenvalue weighted by Crippen LogP contribution is 2.30. The smallest absolute Gasteiger partial charge is 0.253 e. The van der Waals surface area contributed by atoms with Gasteiger partial charge in [0.05, 0.1) is 75.6 Å². The van der Waals surface area contributed by atoms with Crippen molar-refractivity contribution in [3.63, 3.8) is 0 Å². The lowest BCUT2D eigenvalue weighted by Gasteiger charge is -2.41. The third kappa shape index (κ3) is 14.9. The molecule has 1 aromatic heterocycles. The summed E-state index contributed by atoms with van der Waals surface area (Å²) in [6.07, 6.45) is 4.99. The van der Waals surface area contributed by atoms with Crippen molar-refractivity contribution in [3.05, 3.63) is 48.2 Å². The average molecular weight is 981 g/mol. The van der Waals surface area contributed by atoms with E-state index >= 15 is 0 Å². The van der Waals surface area contributed by atoms with Crippen LogP contribution < -0.4 is 16.4 Å². The number of carbonyl (C=O) groups is 7. The van der Waals surface area contributed by atoms with Crippen LogP contribution in [0.25, 0.3) is 10.9 Å². The van der Waals surface area contributed by atoms with Crippen LogP contribution in [0.3, 0.4) is 0 Å². The number of primary amides is 1. The van der Waals surface area contributed by atoms with E-state index in [0.717, 1.165) is 21.4 Å². The number of nitrogens with one attached hydrogen (secondary N) is 3. The normalized spacial score (nSPS) is 18.6. The van der Waals surface area contributed by atoms with Crippen LogP contribution in [0.1, 0.15) is 79.7 Å². The number of imide groups is 1. The molecule has 2 aliphatic rings. The van der Waals surface area contributed by atoms with Gasteiger partial charge in [-0.15, -0.1) is 0 Å². The second-order valence-electron chi connectivity index (χ2n) is 19.4. The summed E-state index contributed by atoms with van der Waals surface area (Å²) < 4.78 is 23.3. The molecule has 70 heavy (non-hydrogen) atoms. The second kappa shape index (κ2) is 27.4. The van der Waals surface area contributed by atoms with Crippen molar-refractivity contribution in [1.82, 2.24) is 35.2 Å². The average Bonchev–Trinajstić information content (AvgIpc) is 4.06. The second-order valence-corrected chi connectivity index (χ2v) is 19.4. The maximum atomic E-state index is 14.6. The number of H-pyrrole nitrogens is 1. The van der Waals surface area contributed by atoms with Crippen LogP contribution in [0.5, 0.6) is 0 Å². The van der Waals surface area contributed by atoms with Crippen LogP contribution >= 0.6 is 0 Å². The molecule has 0 spiro atoms. The molecule has 0 radical (unpaired) electrons. The fraction of sp³-hybridized carbons (Fsp3) is 0.667. The van der Waals surface area contributed by atoms with Gasteiger partial charge in [-0.2, -0.15) is 0 Å². The Hall–Kier alpha value is -5.21. The maximum Gasteiger partial charge on any atom is 0.253 e. The Morgan fingerprint density at radius 1 is 0.871 bits per heavy atom. The summed E-state index contributed by atoms with van der Waals surface area (Å²) in [5.41, 5.74) is 7.55. The van der Waals surface area contributed by atoms with Crippen LogP contribution in [0.4, 0.5) is 0 Å². The van der Waals surface area contributed by atoms with Gasteiger partial charge in [0.1, 0.15) is 12.1 Å². The summed E-state index contributed by atoms with van der Waals surface area (Å²) in [6.45, 7) is 15.5. The van der Waals surface area contributed by atoms with E-state index in [9.17, 15) is 33.6 Å². The molecule has 3 heterocycles. The molecule has 1 saturated heterocycles. The van der Waals surface area contributed by atoms with Gasteiger partial charge in [0, 0.05) is 70.0 Å². The van der Waals surface area contributed by atoms with Gasteiger partial charge in [0.25, 0.3) is 11.8 Å². The number of likely N-dealkylation sites (tertiary alicyclic amines) is 1. The molecular formula is C51H80N8O11. The van der Waals surface area contributed by atoms with Crippen LogP contribution in [-0.2, 0) is 58.9 Å². The number of fused-ring (bicyclic) bond motifs is 1. The number of hydrogen-bond acceptors (Lipinski definition) is 12. The molecule has 19 nitrogen and oxygen atoms in total. The number of ether oxygens (including phenoxy) is 4. The third-order valence-corrected chi connectivity index (χ3v) is 13.9. The molecule has 7 amide bonds. The van der Waals surface area contributed by atoms with Crippen molar-refractivity contribution >= 4 is 52.3 Å². The van der Waals surface area contributed by atoms with Gasteiger partial charge in [0.15, 0.2) is 0 Å². The van der Waals surface area contributed by atoms with E-state index in [4.69, 9.17) is 24.7 Å². The highest BCUT2D eigenvalue weighted by Gasteiger charge is 2.43. The number of benzene rings is 1. The van der Waals surface area contributed by atoms with E-state index in [-0.39, 0.29) is 86.5 Å². The molecule has 2 aliphatic heterocycles. The number of likely N-dealkylation sites (N-methyl/N-ethyl adjacent to an activating group) is 2. The summed E-state index contributed by atoms with van der Waals surface area (Å²) >= 11 is 0. The predicted molar refractivity (Wildman–Crippen MR) is 265 cm³/mol. The lowest BCUT2D eigenvalue weighted by molar-refractivity contribution is -0.148. The zero-order chi connectivity index (χ0) is 51.8. The monoisotopic (exact) mass is 981 g/mol. The fourth-order valence-electron chi connectivity index (χ4n) is 9.81. The zero-order valence-corrected chi connectivity index (χ0v) is 43.2. The minimum absolute atomic E-state index is 0.0452. The van der Waals surface area contributed by atoms with Gasteiger partial charge < -0.3 is 50.1 Å². The molecule has 0 bridgehead atoms. The minimum atomic E-state index is -0.974. The summed E-state index contributed by atoms with van der Waals surface area (Å²) in [7, 11) is 6.58. The van der Waals surface area contributed by atoms with Gasteiger partial charge in [-0.25, -0.2) is 0 Å². The predicted octanol–water partition coefficient (Wildman–Crippen LogP) is 2.66. The zero-order valence-electron chi connectivity index (χ0n) is 43.2. The van der Waals surface area contributed by atoms with Crippen molar-refractivity contribution < 1.29 is 52.5 Å². The Morgan fingerprint density at radius 3 is 2.13 bits per heavy atom. The summed E-state index contributed by atoms with van der Waals surface area (Å²) in [5.74, 6) is -3.83. The van der Waals surface area contributed by atoms with Crippen molar-refractivity contribution in [3.8, 4) is 0 Å². The molecule has 1 fully saturated rings. The van der Waals surface area contributed by atoms with Crippen LogP contribution in [0.15, 0.2) is 42.6 Å². The maximum absolute atomic E-state index is 14.6. The third-order valence-electron chi connectivity index (χ3n) is 13.9. The van der Waals surface area contributed by atoms with Gasteiger partial charge in [-0.05, 0) is 49.3 Å². The van der Waals surface area contributed by atoms with Crippen LogP contribution in [0, 0.1) is 23.7 Å². The Bertz CT molecular complexity index is 2090. The van der Waals surface area contributed by atoms with E-state index in [1.54, 1.807) is 23.8 Å². The van der Waals surface area contributed by atoms with Crippen molar-refractivity contribution in [1.29, 1.82) is 0 Å². The molecular weight excluding hydrogens is 901 g/mol. The molecule has 1 aromatic carbocycles. The van der Waals surface area contributed by atoms with Crippen LogP contribution in [0.2, 0.25) is 0 Å². The highest BCUT2D eigenvalue weighted by molar-refractivity contribution is 6.12. The first kappa shape index (κ1) is 57.4. The number of methoxy groups -OCH3 is 2. The van der Waals surface area contributed by atoms with E-state index in [1.165, 1.54) is 26.4 Å². The van der Waals surface area contributed by atoms with E-state index in [0.29, 0.717) is 39.0 Å². The molecule has 19 heteroatoms. The fourth-order valence-corrected chi connectivity index (χ4v) is 9.81. The number of para-hydroxylation sites is 1. The summed E-state index contributed by atoms with van der Waals surface area (Å²) in [6, 6.07) is 4.27. The first-order valence-corrected chi connectivity index (χ1v) is 24.7. The lowest BCUT2D eigenvalue weighted by Crippen LogP contribution is -2.60. The number of carbonyl (C=O) groups excluding carboxylic acids is 7. The first-order valence-electron chi connectivity index (χ1n) is 24.7. The number of amides is 7. The summed E-state index contributed by atoms with van der Waals surface area (Å²) in [4.78, 5) is 103. The number of nitrogens with zero attached hydrogens (tertiary/aromatic N) is 4. The number of rotatable bonds is 30. The van der Waals surface area contributed by atoms with E-state index < -0.39 is 60.1 Å². The van der Waals surface area contributed by atoms with E-state index in [2.05, 4.69) is 15.6 Å². The Balaban J connectivity index is 1.37. The standard InChI is InChI=1S/C51H80N8O11/c1-12-33(6)46(57(9)51(66)44(31(2)3)55-50(65)45(32(4)5)56(8)22-24-69-26-27-70-25-23-59-41(60)19-20-42(59)61)40(67-10)29-43(62)58-21-15-18-39(58)47(68-11)34(7)49(64)54-38(48(52)63)28-35-30-53-37-17-14-13-16-36(35)37/h13-14,16-17,19-20,30-34,38-40,44-47,53H,12,15,18,21-29H2,1-11H3,(H2,52,63)(H,54,64)(H,55,65)/t33-,34+,38-,39-,40+,44-,45-,46-,47+/m0/s1. The van der Waals surface area contributed by atoms with E-state index in [1.807, 2.05) is 84.0 Å². The number of hydrogen-bond donors (Lipinski definition) is 4. The van der Waals surface area contributed by atoms with Gasteiger partial charge >= 0.3 is 0 Å². The van der Waals surface area contributed by atoms with Crippen molar-refractivity contribution in [2.75, 3.05) is 74.4 Å². The molecule has 390 valence electrons. The first-order chi connectivity index (χ1) is 33.3. The Labute approximate surface area is 413 Å². The lowest BCUT2D eigenvalue weighted by atomic mass is 9.89. The molecule has 0 aliphatic carbocycles. The number of aromatic amines is 1.